The van der Waals surface area contributed by atoms with Crippen molar-refractivity contribution in [2.45, 2.75) is 90.1 Å². The summed E-state index contributed by atoms with van der Waals surface area (Å²) in [6, 6.07) is 18.4. The van der Waals surface area contributed by atoms with Gasteiger partial charge in [0, 0.05) is 5.16 Å². The van der Waals surface area contributed by atoms with Crippen LogP contribution in [0.5, 0.6) is 0 Å². The number of hydrogen-bond donors (Lipinski definition) is 0. The lowest BCUT2D eigenvalue weighted by atomic mass is 9.79. The molecule has 0 aliphatic heterocycles. The van der Waals surface area contributed by atoms with Crippen molar-refractivity contribution in [3.63, 3.8) is 0 Å². The highest BCUT2D eigenvalue weighted by Crippen LogP contribution is 2.46. The van der Waals surface area contributed by atoms with E-state index in [1.165, 1.54) is 86.5 Å². The molecule has 27 heavy (non-hydrogen) atoms. The number of aryl methyl sites for hydroxylation is 2. The molecule has 0 spiro atoms. The average Bonchev–Trinajstić information content (AvgIpc) is 2.71. The van der Waals surface area contributed by atoms with E-state index >= 15 is 0 Å². The van der Waals surface area contributed by atoms with E-state index in [4.69, 9.17) is 0 Å². The molecular formula is C26H39P. The molecule has 0 saturated carbocycles. The number of hydrogen-bond acceptors (Lipinski definition) is 0. The van der Waals surface area contributed by atoms with Crippen LogP contribution in [0.15, 0.2) is 48.5 Å². The van der Waals surface area contributed by atoms with Crippen molar-refractivity contribution in [3.8, 4) is 0 Å². The Bertz CT molecular complexity index is 622. The summed E-state index contributed by atoms with van der Waals surface area (Å²) < 4.78 is 0. The SMILES string of the molecule is CCCCCC(P)(c1ccccc1CCCC)c1ccccc1CCCC. The number of unbranched alkanes of at least 4 members (excludes halogenated alkanes) is 4. The van der Waals surface area contributed by atoms with Gasteiger partial charge in [-0.15, -0.1) is 9.24 Å². The molecule has 0 saturated heterocycles. The molecule has 0 radical (unpaired) electrons. The van der Waals surface area contributed by atoms with Crippen molar-refractivity contribution in [1.29, 1.82) is 0 Å². The van der Waals surface area contributed by atoms with Gasteiger partial charge in [-0.2, -0.15) is 0 Å². The lowest BCUT2D eigenvalue weighted by molar-refractivity contribution is 0.574. The second-order valence-corrected chi connectivity index (χ2v) is 8.94. The zero-order valence-corrected chi connectivity index (χ0v) is 18.9. The van der Waals surface area contributed by atoms with E-state index in [1.807, 2.05) is 0 Å². The Labute approximate surface area is 170 Å². The standard InChI is InChI=1S/C26H39P/c1-4-7-14-21-26(27,24-19-12-10-17-22(24)15-8-5-2)25-20-13-11-18-23(25)16-9-6-3/h10-13,17-20H,4-9,14-16,21,27H2,1-3H3. The van der Waals surface area contributed by atoms with E-state index in [2.05, 4.69) is 78.5 Å². The van der Waals surface area contributed by atoms with E-state index < -0.39 is 0 Å². The monoisotopic (exact) mass is 382 g/mol. The minimum Gasteiger partial charge on any atom is -0.122 e. The van der Waals surface area contributed by atoms with Crippen LogP contribution in [0.1, 0.15) is 94.4 Å². The van der Waals surface area contributed by atoms with E-state index in [0.29, 0.717) is 0 Å². The fourth-order valence-electron chi connectivity index (χ4n) is 4.15. The third-order valence-electron chi connectivity index (χ3n) is 5.77. The lowest BCUT2D eigenvalue weighted by Crippen LogP contribution is -2.24. The lowest BCUT2D eigenvalue weighted by Gasteiger charge is -2.35. The Morgan fingerprint density at radius 1 is 0.630 bits per heavy atom. The predicted octanol–water partition coefficient (Wildman–Crippen LogP) is 8.07. The first-order chi connectivity index (χ1) is 13.2. The summed E-state index contributed by atoms with van der Waals surface area (Å²) in [5.41, 5.74) is 6.14. The zero-order chi connectivity index (χ0) is 19.5. The zero-order valence-electron chi connectivity index (χ0n) is 17.8. The summed E-state index contributed by atoms with van der Waals surface area (Å²) in [5, 5.41) is 0.0316. The minimum absolute atomic E-state index is 0.0316. The first kappa shape index (κ1) is 22.2. The van der Waals surface area contributed by atoms with Gasteiger partial charge in [-0.05, 0) is 54.4 Å². The third kappa shape index (κ3) is 5.92. The van der Waals surface area contributed by atoms with Crippen LogP contribution in [0.4, 0.5) is 0 Å². The molecule has 2 aromatic carbocycles. The number of rotatable bonds is 12. The molecule has 0 aliphatic carbocycles. The molecule has 2 aromatic rings. The quantitative estimate of drug-likeness (QED) is 0.257. The molecule has 1 heteroatoms. The normalized spacial score (nSPS) is 11.7. The molecule has 0 aliphatic rings. The Balaban J connectivity index is 2.51. The molecule has 0 heterocycles. The summed E-state index contributed by atoms with van der Waals surface area (Å²) in [4.78, 5) is 0. The molecular weight excluding hydrogens is 343 g/mol. The van der Waals surface area contributed by atoms with Gasteiger partial charge in [0.1, 0.15) is 0 Å². The molecule has 1 atom stereocenters. The van der Waals surface area contributed by atoms with Crippen LogP contribution < -0.4 is 0 Å². The fourth-order valence-corrected chi connectivity index (χ4v) is 4.92. The third-order valence-corrected chi connectivity index (χ3v) is 6.68. The Morgan fingerprint density at radius 3 is 1.52 bits per heavy atom. The molecule has 0 N–H and O–H groups in total. The van der Waals surface area contributed by atoms with Crippen molar-refractivity contribution in [2.24, 2.45) is 0 Å². The molecule has 0 aromatic heterocycles. The van der Waals surface area contributed by atoms with Gasteiger partial charge in [-0.3, -0.25) is 0 Å². The summed E-state index contributed by atoms with van der Waals surface area (Å²) in [7, 11) is 3.31. The van der Waals surface area contributed by atoms with Crippen LogP contribution in [0.2, 0.25) is 0 Å². The highest BCUT2D eigenvalue weighted by molar-refractivity contribution is 7.19. The first-order valence-electron chi connectivity index (χ1n) is 11.1. The molecule has 0 nitrogen and oxygen atoms in total. The van der Waals surface area contributed by atoms with Gasteiger partial charge in [-0.25, -0.2) is 0 Å². The van der Waals surface area contributed by atoms with E-state index in [9.17, 15) is 0 Å². The van der Waals surface area contributed by atoms with Crippen LogP contribution in [-0.2, 0) is 18.0 Å². The Morgan fingerprint density at radius 2 is 1.07 bits per heavy atom. The van der Waals surface area contributed by atoms with E-state index in [1.54, 1.807) is 0 Å². The average molecular weight is 383 g/mol. The second-order valence-electron chi connectivity index (χ2n) is 7.95. The first-order valence-corrected chi connectivity index (χ1v) is 11.7. The van der Waals surface area contributed by atoms with Crippen molar-refractivity contribution in [3.05, 3.63) is 70.8 Å². The van der Waals surface area contributed by atoms with Crippen molar-refractivity contribution in [2.75, 3.05) is 0 Å². The van der Waals surface area contributed by atoms with Gasteiger partial charge >= 0.3 is 0 Å². The minimum atomic E-state index is 0.0316. The Hall–Kier alpha value is -1.13. The maximum Gasteiger partial charge on any atom is 0.0349 e. The summed E-state index contributed by atoms with van der Waals surface area (Å²) in [5.74, 6) is 0. The van der Waals surface area contributed by atoms with Crippen molar-refractivity contribution >= 4 is 9.24 Å². The van der Waals surface area contributed by atoms with Gasteiger partial charge in [-0.1, -0.05) is 101 Å². The fraction of sp³-hybridized carbons (Fsp3) is 0.538. The second kappa shape index (κ2) is 11.7. The molecule has 0 fully saturated rings. The topological polar surface area (TPSA) is 0 Å². The van der Waals surface area contributed by atoms with Crippen LogP contribution >= 0.6 is 9.24 Å². The molecule has 1 unspecified atom stereocenters. The van der Waals surface area contributed by atoms with Gasteiger partial charge in [0.15, 0.2) is 0 Å². The highest BCUT2D eigenvalue weighted by atomic mass is 31.0. The van der Waals surface area contributed by atoms with Crippen molar-refractivity contribution in [1.82, 2.24) is 0 Å². The molecule has 148 valence electrons. The summed E-state index contributed by atoms with van der Waals surface area (Å²) in [6.07, 6.45) is 12.5. The summed E-state index contributed by atoms with van der Waals surface area (Å²) in [6.45, 7) is 6.88. The maximum absolute atomic E-state index is 3.31. The van der Waals surface area contributed by atoms with E-state index in [-0.39, 0.29) is 5.16 Å². The van der Waals surface area contributed by atoms with Crippen molar-refractivity contribution < 1.29 is 0 Å². The van der Waals surface area contributed by atoms with Crippen LogP contribution in [0.3, 0.4) is 0 Å². The van der Waals surface area contributed by atoms with E-state index in [0.717, 1.165) is 0 Å². The van der Waals surface area contributed by atoms with Crippen LogP contribution in [0, 0.1) is 0 Å². The van der Waals surface area contributed by atoms with Gasteiger partial charge in [0.05, 0.1) is 0 Å². The van der Waals surface area contributed by atoms with Gasteiger partial charge in [0.2, 0.25) is 0 Å². The smallest absolute Gasteiger partial charge is 0.0349 e. The molecule has 0 bridgehead atoms. The van der Waals surface area contributed by atoms with Crippen LogP contribution in [0.25, 0.3) is 0 Å². The number of benzene rings is 2. The molecule has 2 rings (SSSR count). The maximum atomic E-state index is 3.31. The largest absolute Gasteiger partial charge is 0.122 e. The van der Waals surface area contributed by atoms with Gasteiger partial charge in [0.25, 0.3) is 0 Å². The molecule has 0 amide bonds. The predicted molar refractivity (Wildman–Crippen MR) is 125 cm³/mol. The summed E-state index contributed by atoms with van der Waals surface area (Å²) >= 11 is 0. The van der Waals surface area contributed by atoms with Gasteiger partial charge < -0.3 is 0 Å². The van der Waals surface area contributed by atoms with Crippen LogP contribution in [-0.4, -0.2) is 0 Å². The highest BCUT2D eigenvalue weighted by Gasteiger charge is 2.32. The Kier molecular flexibility index (Phi) is 9.57.